The SMILES string of the molecule is CNC(=O)OC1CCCCC1.CNc1cc(-c2ncon2)ccc1C(C)=N. The van der Waals surface area contributed by atoms with Crippen molar-refractivity contribution in [2.24, 2.45) is 0 Å². The van der Waals surface area contributed by atoms with E-state index < -0.39 is 0 Å². The van der Waals surface area contributed by atoms with Crippen molar-refractivity contribution in [1.29, 1.82) is 5.41 Å². The summed E-state index contributed by atoms with van der Waals surface area (Å²) in [5.74, 6) is 0.547. The Balaban J connectivity index is 0.000000208. The van der Waals surface area contributed by atoms with Crippen LogP contribution in [-0.4, -0.2) is 42.1 Å². The monoisotopic (exact) mass is 373 g/mol. The molecule has 0 spiro atoms. The minimum Gasteiger partial charge on any atom is -0.446 e. The normalized spacial score (nSPS) is 13.9. The standard InChI is InChI=1S/C11H12N4O.C8H15NO2/c1-7(12)9-4-3-8(5-10(9)13-2)11-14-6-16-15-11;1-9-8(10)11-7-5-3-2-4-6-7/h3-6,12-13H,1-2H3;7H,2-6H2,1H3,(H,9,10). The second kappa shape index (κ2) is 10.3. The van der Waals surface area contributed by atoms with Gasteiger partial charge in [0.05, 0.1) is 0 Å². The largest absolute Gasteiger partial charge is 0.446 e. The molecule has 1 aliphatic carbocycles. The van der Waals surface area contributed by atoms with Gasteiger partial charge in [-0.05, 0) is 38.7 Å². The third-order valence-corrected chi connectivity index (χ3v) is 4.34. The lowest BCUT2D eigenvalue weighted by atomic mass is 9.98. The Morgan fingerprint density at radius 3 is 2.56 bits per heavy atom. The van der Waals surface area contributed by atoms with Gasteiger partial charge in [0, 0.05) is 36.6 Å². The fourth-order valence-corrected chi connectivity index (χ4v) is 2.91. The van der Waals surface area contributed by atoms with Crippen LogP contribution < -0.4 is 10.6 Å². The highest BCUT2D eigenvalue weighted by atomic mass is 16.6. The average Bonchev–Trinajstić information content (AvgIpc) is 3.23. The lowest BCUT2D eigenvalue weighted by Gasteiger charge is -2.21. The van der Waals surface area contributed by atoms with Gasteiger partial charge in [-0.2, -0.15) is 4.98 Å². The second-order valence-corrected chi connectivity index (χ2v) is 6.31. The van der Waals surface area contributed by atoms with Gasteiger partial charge in [-0.15, -0.1) is 0 Å². The molecule has 0 bridgehead atoms. The van der Waals surface area contributed by atoms with Crippen LogP contribution in [0, 0.1) is 5.41 Å². The smallest absolute Gasteiger partial charge is 0.407 e. The minimum absolute atomic E-state index is 0.170. The summed E-state index contributed by atoms with van der Waals surface area (Å²) < 4.78 is 9.79. The van der Waals surface area contributed by atoms with Crippen molar-refractivity contribution < 1.29 is 14.1 Å². The van der Waals surface area contributed by atoms with Gasteiger partial charge in [0.25, 0.3) is 0 Å². The lowest BCUT2D eigenvalue weighted by molar-refractivity contribution is 0.0769. The van der Waals surface area contributed by atoms with Gasteiger partial charge in [-0.25, -0.2) is 4.79 Å². The van der Waals surface area contributed by atoms with Crippen molar-refractivity contribution in [3.63, 3.8) is 0 Å². The predicted molar refractivity (Wildman–Crippen MR) is 104 cm³/mol. The number of hydrogen-bond donors (Lipinski definition) is 3. The number of hydrogen-bond acceptors (Lipinski definition) is 7. The van der Waals surface area contributed by atoms with Gasteiger partial charge in [0.2, 0.25) is 12.2 Å². The zero-order valence-corrected chi connectivity index (χ0v) is 16.0. The third kappa shape index (κ3) is 6.09. The molecule has 0 unspecified atom stereocenters. The van der Waals surface area contributed by atoms with E-state index in [0.717, 1.165) is 29.7 Å². The van der Waals surface area contributed by atoms with Crippen LogP contribution in [0.25, 0.3) is 11.4 Å². The van der Waals surface area contributed by atoms with Crippen molar-refractivity contribution in [1.82, 2.24) is 15.5 Å². The van der Waals surface area contributed by atoms with E-state index in [2.05, 4.69) is 20.8 Å². The van der Waals surface area contributed by atoms with Crippen LogP contribution >= 0.6 is 0 Å². The molecule has 1 aromatic heterocycles. The number of nitrogens with one attached hydrogen (secondary N) is 3. The van der Waals surface area contributed by atoms with E-state index in [1.54, 1.807) is 14.0 Å². The zero-order chi connectivity index (χ0) is 19.6. The van der Waals surface area contributed by atoms with Gasteiger partial charge in [0.1, 0.15) is 6.10 Å². The molecule has 146 valence electrons. The number of anilines is 1. The molecule has 1 fully saturated rings. The van der Waals surface area contributed by atoms with E-state index >= 15 is 0 Å². The molecule has 1 aliphatic rings. The third-order valence-electron chi connectivity index (χ3n) is 4.34. The molecule has 8 heteroatoms. The number of carbonyl (C=O) groups excluding carboxylic acids is 1. The summed E-state index contributed by atoms with van der Waals surface area (Å²) in [4.78, 5) is 14.7. The summed E-state index contributed by atoms with van der Waals surface area (Å²) in [5, 5.41) is 16.9. The fourth-order valence-electron chi connectivity index (χ4n) is 2.91. The van der Waals surface area contributed by atoms with Crippen molar-refractivity contribution in [2.45, 2.75) is 45.1 Å². The molecule has 1 aromatic carbocycles. The van der Waals surface area contributed by atoms with E-state index in [4.69, 9.17) is 14.7 Å². The Morgan fingerprint density at radius 1 is 1.26 bits per heavy atom. The Kier molecular flexibility index (Phi) is 7.79. The second-order valence-electron chi connectivity index (χ2n) is 6.31. The summed E-state index contributed by atoms with van der Waals surface area (Å²) in [5.41, 5.74) is 3.14. The maximum atomic E-state index is 10.7. The number of ether oxygens (including phenoxy) is 1. The number of rotatable bonds is 4. The van der Waals surface area contributed by atoms with E-state index in [1.807, 2.05) is 25.2 Å². The Morgan fingerprint density at radius 2 is 2.00 bits per heavy atom. The van der Waals surface area contributed by atoms with Crippen LogP contribution in [0.5, 0.6) is 0 Å². The first-order valence-corrected chi connectivity index (χ1v) is 9.07. The molecule has 0 radical (unpaired) electrons. The number of carbonyl (C=O) groups is 1. The van der Waals surface area contributed by atoms with Crippen molar-refractivity contribution in [2.75, 3.05) is 19.4 Å². The lowest BCUT2D eigenvalue weighted by Crippen LogP contribution is -2.27. The molecule has 0 saturated heterocycles. The van der Waals surface area contributed by atoms with Crippen molar-refractivity contribution in [3.8, 4) is 11.4 Å². The van der Waals surface area contributed by atoms with Gasteiger partial charge in [-0.3, -0.25) is 0 Å². The van der Waals surface area contributed by atoms with Crippen LogP contribution in [0.1, 0.15) is 44.6 Å². The first-order valence-electron chi connectivity index (χ1n) is 9.07. The van der Waals surface area contributed by atoms with Crippen LogP contribution in [0.15, 0.2) is 29.1 Å². The van der Waals surface area contributed by atoms with Crippen molar-refractivity contribution >= 4 is 17.5 Å². The van der Waals surface area contributed by atoms with E-state index in [1.165, 1.54) is 25.7 Å². The minimum atomic E-state index is -0.295. The summed E-state index contributed by atoms with van der Waals surface area (Å²) >= 11 is 0. The van der Waals surface area contributed by atoms with E-state index in [-0.39, 0.29) is 12.2 Å². The molecular weight excluding hydrogens is 346 g/mol. The molecule has 1 heterocycles. The molecule has 8 nitrogen and oxygen atoms in total. The van der Waals surface area contributed by atoms with Crippen LogP contribution in [0.4, 0.5) is 10.5 Å². The quantitative estimate of drug-likeness (QED) is 0.702. The maximum absolute atomic E-state index is 10.7. The molecule has 1 saturated carbocycles. The Bertz CT molecular complexity index is 740. The van der Waals surface area contributed by atoms with Crippen LogP contribution in [0.3, 0.4) is 0 Å². The molecule has 3 rings (SSSR count). The highest BCUT2D eigenvalue weighted by Crippen LogP contribution is 2.23. The van der Waals surface area contributed by atoms with E-state index in [9.17, 15) is 4.79 Å². The average molecular weight is 373 g/mol. The first kappa shape index (κ1) is 20.4. The summed E-state index contributed by atoms with van der Waals surface area (Å²) in [6.07, 6.45) is 6.92. The van der Waals surface area contributed by atoms with E-state index in [0.29, 0.717) is 11.5 Å². The van der Waals surface area contributed by atoms with Gasteiger partial charge in [0.15, 0.2) is 0 Å². The number of nitrogens with zero attached hydrogens (tertiary/aromatic N) is 2. The highest BCUT2D eigenvalue weighted by Gasteiger charge is 2.16. The topological polar surface area (TPSA) is 113 Å². The molecule has 1 amide bonds. The number of amides is 1. The Hall–Kier alpha value is -2.90. The number of aromatic nitrogens is 2. The van der Waals surface area contributed by atoms with Gasteiger partial charge < -0.3 is 25.3 Å². The van der Waals surface area contributed by atoms with Gasteiger partial charge in [-0.1, -0.05) is 23.7 Å². The fraction of sp³-hybridized carbons (Fsp3) is 0.474. The summed E-state index contributed by atoms with van der Waals surface area (Å²) in [7, 11) is 3.41. The molecule has 3 N–H and O–H groups in total. The summed E-state index contributed by atoms with van der Waals surface area (Å²) in [6, 6.07) is 5.65. The highest BCUT2D eigenvalue weighted by molar-refractivity contribution is 6.02. The Labute approximate surface area is 159 Å². The van der Waals surface area contributed by atoms with Crippen LogP contribution in [0.2, 0.25) is 0 Å². The number of alkyl carbamates (subject to hydrolysis) is 1. The first-order chi connectivity index (χ1) is 13.0. The molecule has 27 heavy (non-hydrogen) atoms. The predicted octanol–water partition coefficient (Wildman–Crippen LogP) is 3.84. The van der Waals surface area contributed by atoms with Crippen molar-refractivity contribution in [3.05, 3.63) is 30.2 Å². The summed E-state index contributed by atoms with van der Waals surface area (Å²) in [6.45, 7) is 1.75. The van der Waals surface area contributed by atoms with Gasteiger partial charge >= 0.3 is 6.09 Å². The maximum Gasteiger partial charge on any atom is 0.407 e. The number of benzene rings is 1. The molecule has 0 aliphatic heterocycles. The van der Waals surface area contributed by atoms with Crippen LogP contribution in [-0.2, 0) is 4.74 Å². The zero-order valence-electron chi connectivity index (χ0n) is 16.0. The molecule has 2 aromatic rings. The molecule has 0 atom stereocenters. The molecular formula is C19H27N5O3.